The molecule has 0 bridgehead atoms. The quantitative estimate of drug-likeness (QED) is 0.250. The predicted molar refractivity (Wildman–Crippen MR) is 206 cm³/mol. The Kier molecular flexibility index (Phi) is 9.67. The first-order valence-corrected chi connectivity index (χ1v) is 20.5. The molecule has 1 saturated carbocycles. The van der Waals surface area contributed by atoms with Crippen molar-refractivity contribution < 1.29 is 22.7 Å². The van der Waals surface area contributed by atoms with Crippen LogP contribution in [-0.4, -0.2) is 102 Å². The lowest BCUT2D eigenvalue weighted by Crippen LogP contribution is -2.47. The van der Waals surface area contributed by atoms with Gasteiger partial charge in [0.15, 0.2) is 0 Å². The number of hydrogen-bond acceptors (Lipinski definition) is 7. The predicted octanol–water partition coefficient (Wildman–Crippen LogP) is 5.59. The van der Waals surface area contributed by atoms with Crippen molar-refractivity contribution in [2.24, 2.45) is 0 Å². The number of carbonyl (C=O) groups is 2. The molecule has 3 fully saturated rings. The van der Waals surface area contributed by atoms with E-state index in [9.17, 15) is 18.0 Å². The van der Waals surface area contributed by atoms with E-state index >= 15 is 0 Å². The number of aromatic nitrogens is 3. The molecule has 53 heavy (non-hydrogen) atoms. The smallest absolute Gasteiger partial charge is 0.304 e. The number of benzene rings is 2. The minimum absolute atomic E-state index is 0.0255. The third kappa shape index (κ3) is 6.57. The Bertz CT molecular complexity index is 2200. The van der Waals surface area contributed by atoms with Gasteiger partial charge in [0.05, 0.1) is 36.8 Å². The van der Waals surface area contributed by atoms with Gasteiger partial charge in [-0.2, -0.15) is 17.8 Å². The first-order valence-electron chi connectivity index (χ1n) is 19.1. The maximum atomic E-state index is 14.2. The molecule has 1 N–H and O–H groups in total. The van der Waals surface area contributed by atoms with Crippen LogP contribution >= 0.6 is 0 Å². The summed E-state index contributed by atoms with van der Waals surface area (Å²) >= 11 is 0. The van der Waals surface area contributed by atoms with Crippen molar-refractivity contribution in [3.63, 3.8) is 0 Å². The molecule has 0 unspecified atom stereocenters. The molecule has 5 heterocycles. The Morgan fingerprint density at radius 2 is 1.68 bits per heavy atom. The topological polar surface area (TPSA) is 122 Å². The molecular formula is C40H49N7O5S. The number of piperazine rings is 1. The van der Waals surface area contributed by atoms with Crippen LogP contribution in [0.1, 0.15) is 95.3 Å². The normalized spacial score (nSPS) is 18.8. The third-order valence-corrected chi connectivity index (χ3v) is 13.1. The minimum atomic E-state index is -3.96. The molecule has 0 atom stereocenters. The molecule has 0 spiro atoms. The minimum Gasteiger partial charge on any atom is -0.497 e. The van der Waals surface area contributed by atoms with Gasteiger partial charge in [-0.05, 0) is 98.7 Å². The zero-order valence-corrected chi connectivity index (χ0v) is 31.8. The van der Waals surface area contributed by atoms with E-state index in [1.807, 2.05) is 34.7 Å². The van der Waals surface area contributed by atoms with E-state index in [0.717, 1.165) is 96.4 Å². The number of fused-ring (bicyclic) bond motifs is 5. The van der Waals surface area contributed by atoms with Crippen LogP contribution in [-0.2, 0) is 23.3 Å². The highest BCUT2D eigenvalue weighted by Crippen LogP contribution is 2.48. The fourth-order valence-electron chi connectivity index (χ4n) is 8.80. The summed E-state index contributed by atoms with van der Waals surface area (Å²) in [4.78, 5) is 32.1. The molecule has 4 aromatic rings. The van der Waals surface area contributed by atoms with Gasteiger partial charge in [0, 0.05) is 67.8 Å². The van der Waals surface area contributed by atoms with E-state index in [4.69, 9.17) is 9.84 Å². The van der Waals surface area contributed by atoms with Crippen LogP contribution in [0, 0.1) is 0 Å². The van der Waals surface area contributed by atoms with Crippen LogP contribution in [0.3, 0.4) is 0 Å². The van der Waals surface area contributed by atoms with Gasteiger partial charge in [-0.15, -0.1) is 0 Å². The van der Waals surface area contributed by atoms with E-state index in [-0.39, 0.29) is 11.5 Å². The summed E-state index contributed by atoms with van der Waals surface area (Å²) in [5.74, 6) is 0.387. The number of ether oxygens (including phenoxy) is 1. The molecule has 3 aliphatic heterocycles. The van der Waals surface area contributed by atoms with E-state index in [1.165, 1.54) is 16.3 Å². The van der Waals surface area contributed by atoms with E-state index in [1.54, 1.807) is 19.4 Å². The van der Waals surface area contributed by atoms with E-state index in [0.29, 0.717) is 50.7 Å². The second-order valence-corrected chi connectivity index (χ2v) is 16.6. The number of likely N-dealkylation sites (N-methyl/N-ethyl adjacent to an activating group) is 1. The fourth-order valence-corrected chi connectivity index (χ4v) is 10.0. The van der Waals surface area contributed by atoms with Crippen LogP contribution < -0.4 is 9.46 Å². The van der Waals surface area contributed by atoms with Gasteiger partial charge in [0.1, 0.15) is 5.75 Å². The Morgan fingerprint density at radius 1 is 0.925 bits per heavy atom. The van der Waals surface area contributed by atoms with Gasteiger partial charge >= 0.3 is 10.2 Å². The SMILES string of the molecule is CCn1ncc(C(=O)N2CCN(C)CC2)c1C1=Cc2cc(OC)ccc2-c2c(C3CCCCC3)c3ccc(C(=O)NS(=O)(=O)N4CCCC4)cc3n2C1. The number of carbonyl (C=O) groups excluding carboxylic acids is 2. The highest BCUT2D eigenvalue weighted by molar-refractivity contribution is 7.87. The molecule has 0 radical (unpaired) electrons. The highest BCUT2D eigenvalue weighted by atomic mass is 32.2. The van der Waals surface area contributed by atoms with Crippen LogP contribution in [0.15, 0.2) is 42.6 Å². The van der Waals surface area contributed by atoms with Crippen molar-refractivity contribution in [1.82, 2.24) is 33.2 Å². The van der Waals surface area contributed by atoms with Crippen LogP contribution in [0.4, 0.5) is 0 Å². The summed E-state index contributed by atoms with van der Waals surface area (Å²) < 4.78 is 39.9. The lowest BCUT2D eigenvalue weighted by molar-refractivity contribution is 0.0663. The number of amides is 2. The molecule has 4 aliphatic rings. The monoisotopic (exact) mass is 739 g/mol. The lowest BCUT2D eigenvalue weighted by Gasteiger charge is -2.32. The van der Waals surface area contributed by atoms with Gasteiger partial charge < -0.3 is 19.1 Å². The van der Waals surface area contributed by atoms with Crippen molar-refractivity contribution in [3.05, 3.63) is 70.5 Å². The zero-order chi connectivity index (χ0) is 36.9. The Labute approximate surface area is 311 Å². The van der Waals surface area contributed by atoms with Crippen LogP contribution in [0.5, 0.6) is 5.75 Å². The molecule has 2 amide bonds. The molecule has 2 aromatic heterocycles. The van der Waals surface area contributed by atoms with Crippen molar-refractivity contribution >= 4 is 44.6 Å². The molecule has 280 valence electrons. The van der Waals surface area contributed by atoms with Gasteiger partial charge in [0.25, 0.3) is 11.8 Å². The van der Waals surface area contributed by atoms with Gasteiger partial charge in [0.2, 0.25) is 0 Å². The number of nitrogens with one attached hydrogen (secondary N) is 1. The van der Waals surface area contributed by atoms with Gasteiger partial charge in [-0.3, -0.25) is 14.3 Å². The Morgan fingerprint density at radius 3 is 2.40 bits per heavy atom. The second kappa shape index (κ2) is 14.4. The fraction of sp³-hybridized carbons (Fsp3) is 0.475. The summed E-state index contributed by atoms with van der Waals surface area (Å²) in [6, 6.07) is 11.8. The number of aryl methyl sites for hydroxylation is 1. The molecule has 1 aliphatic carbocycles. The molecule has 2 aromatic carbocycles. The van der Waals surface area contributed by atoms with E-state index in [2.05, 4.69) is 39.4 Å². The average Bonchev–Trinajstić information content (AvgIpc) is 3.91. The number of methoxy groups -OCH3 is 1. The molecule has 12 nitrogen and oxygen atoms in total. The van der Waals surface area contributed by atoms with Crippen molar-refractivity contribution in [2.45, 2.75) is 70.9 Å². The van der Waals surface area contributed by atoms with Crippen molar-refractivity contribution in [2.75, 3.05) is 53.4 Å². The second-order valence-electron chi connectivity index (χ2n) is 14.9. The van der Waals surface area contributed by atoms with Crippen molar-refractivity contribution in [3.8, 4) is 17.0 Å². The van der Waals surface area contributed by atoms with Gasteiger partial charge in [-0.1, -0.05) is 25.3 Å². The summed E-state index contributed by atoms with van der Waals surface area (Å²) in [5.41, 5.74) is 7.80. The van der Waals surface area contributed by atoms with Crippen molar-refractivity contribution in [1.29, 1.82) is 0 Å². The maximum absolute atomic E-state index is 14.2. The molecule has 8 rings (SSSR count). The van der Waals surface area contributed by atoms with E-state index < -0.39 is 16.1 Å². The average molecular weight is 740 g/mol. The first-order chi connectivity index (χ1) is 25.7. The largest absolute Gasteiger partial charge is 0.497 e. The zero-order valence-electron chi connectivity index (χ0n) is 30.9. The maximum Gasteiger partial charge on any atom is 0.304 e. The lowest BCUT2D eigenvalue weighted by atomic mass is 9.81. The number of rotatable bonds is 8. The highest BCUT2D eigenvalue weighted by Gasteiger charge is 2.33. The third-order valence-electron chi connectivity index (χ3n) is 11.6. The molecule has 13 heteroatoms. The summed E-state index contributed by atoms with van der Waals surface area (Å²) in [6.45, 7) is 6.79. The summed E-state index contributed by atoms with van der Waals surface area (Å²) in [6.07, 6.45) is 11.1. The molecule has 2 saturated heterocycles. The van der Waals surface area contributed by atoms with Crippen LogP contribution in [0.2, 0.25) is 0 Å². The standard InChI is InChI=1S/C40H49N7O5S/c1-4-47-37(34(25-41-47)40(49)44-20-18-43(2)19-21-44)30-22-29-23-31(52-3)13-15-32(29)38-36(27-10-6-5-7-11-27)33-14-12-28(24-35(33)46(38)26-30)39(48)42-53(50,51)45-16-8-9-17-45/h12-15,22-25,27H,4-11,16-21,26H2,1-3H3,(H,42,48). The first kappa shape index (κ1) is 35.6. The van der Waals surface area contributed by atoms with Crippen LogP contribution in [0.25, 0.3) is 33.8 Å². The number of allylic oxidation sites excluding steroid dienone is 1. The summed E-state index contributed by atoms with van der Waals surface area (Å²) in [7, 11) is -0.211. The molecular weight excluding hydrogens is 691 g/mol. The summed E-state index contributed by atoms with van der Waals surface area (Å²) in [5, 5.41) is 5.79. The Hall–Kier alpha value is -4.46. The Balaban J connectivity index is 1.31. The number of nitrogens with zero attached hydrogens (tertiary/aromatic N) is 6. The van der Waals surface area contributed by atoms with Gasteiger partial charge in [-0.25, -0.2) is 4.72 Å². The number of hydrogen-bond donors (Lipinski definition) is 1.